The molecule has 0 aliphatic carbocycles. The SMILES string of the molecule is Cc1ccccc1OCCCC(=O)NC1CCN(C(=O)c2ccc(C(C)(C)C)cc2)CC1. The van der Waals surface area contributed by atoms with Crippen LogP contribution in [0, 0.1) is 6.92 Å². The van der Waals surface area contributed by atoms with Crippen LogP contribution < -0.4 is 10.1 Å². The van der Waals surface area contributed by atoms with E-state index in [1.165, 1.54) is 5.56 Å². The average Bonchev–Trinajstić information content (AvgIpc) is 2.77. The number of para-hydroxylation sites is 1. The number of rotatable bonds is 7. The number of likely N-dealkylation sites (tertiary alicyclic amines) is 1. The highest BCUT2D eigenvalue weighted by atomic mass is 16.5. The third-order valence-corrected chi connectivity index (χ3v) is 6.04. The zero-order chi connectivity index (χ0) is 23.1. The van der Waals surface area contributed by atoms with Gasteiger partial charge in [0.05, 0.1) is 6.61 Å². The fourth-order valence-electron chi connectivity index (χ4n) is 3.96. The molecule has 1 fully saturated rings. The first kappa shape index (κ1) is 23.8. The van der Waals surface area contributed by atoms with E-state index in [9.17, 15) is 9.59 Å². The lowest BCUT2D eigenvalue weighted by Gasteiger charge is -2.32. The molecular weight excluding hydrogens is 400 g/mol. The van der Waals surface area contributed by atoms with Crippen LogP contribution in [-0.2, 0) is 10.2 Å². The number of nitrogens with zero attached hydrogens (tertiary/aromatic N) is 1. The van der Waals surface area contributed by atoms with Crippen molar-refractivity contribution in [2.45, 2.75) is 64.8 Å². The zero-order valence-corrected chi connectivity index (χ0v) is 19.8. The third kappa shape index (κ3) is 6.59. The van der Waals surface area contributed by atoms with Gasteiger partial charge in [-0.05, 0) is 60.9 Å². The normalized spacial score (nSPS) is 14.8. The molecule has 5 heteroatoms. The van der Waals surface area contributed by atoms with E-state index in [2.05, 4.69) is 26.1 Å². The van der Waals surface area contributed by atoms with E-state index in [1.54, 1.807) is 0 Å². The molecule has 1 N–H and O–H groups in total. The Bertz CT molecular complexity index is 907. The van der Waals surface area contributed by atoms with Crippen molar-refractivity contribution in [2.75, 3.05) is 19.7 Å². The molecular formula is C27H36N2O3. The lowest BCUT2D eigenvalue weighted by Crippen LogP contribution is -2.46. The zero-order valence-electron chi connectivity index (χ0n) is 19.8. The summed E-state index contributed by atoms with van der Waals surface area (Å²) in [7, 11) is 0. The quantitative estimate of drug-likeness (QED) is 0.630. The van der Waals surface area contributed by atoms with Gasteiger partial charge in [0.1, 0.15) is 5.75 Å². The van der Waals surface area contributed by atoms with Crippen LogP contribution in [0.4, 0.5) is 0 Å². The molecule has 2 aromatic carbocycles. The standard InChI is InChI=1S/C27H36N2O3/c1-20-8-5-6-9-24(20)32-19-7-10-25(30)28-23-15-17-29(18-16-23)26(31)21-11-13-22(14-12-21)27(2,3)4/h5-6,8-9,11-14,23H,7,10,15-19H2,1-4H3,(H,28,30). The molecule has 1 saturated heterocycles. The largest absolute Gasteiger partial charge is 0.493 e. The highest BCUT2D eigenvalue weighted by molar-refractivity contribution is 5.94. The summed E-state index contributed by atoms with van der Waals surface area (Å²) >= 11 is 0. The van der Waals surface area contributed by atoms with E-state index in [0.717, 1.165) is 29.7 Å². The molecule has 0 saturated carbocycles. The Morgan fingerprint density at radius 2 is 1.69 bits per heavy atom. The second-order valence-electron chi connectivity index (χ2n) is 9.68. The van der Waals surface area contributed by atoms with Crippen LogP contribution in [0.25, 0.3) is 0 Å². The Balaban J connectivity index is 1.37. The summed E-state index contributed by atoms with van der Waals surface area (Å²) in [5.74, 6) is 1.00. The Morgan fingerprint density at radius 3 is 2.31 bits per heavy atom. The van der Waals surface area contributed by atoms with E-state index in [4.69, 9.17) is 4.74 Å². The minimum absolute atomic E-state index is 0.0564. The summed E-state index contributed by atoms with van der Waals surface area (Å²) in [6, 6.07) is 16.0. The third-order valence-electron chi connectivity index (χ3n) is 6.04. The van der Waals surface area contributed by atoms with Crippen molar-refractivity contribution in [3.8, 4) is 5.75 Å². The number of aryl methyl sites for hydroxylation is 1. The van der Waals surface area contributed by atoms with Gasteiger partial charge in [-0.15, -0.1) is 0 Å². The summed E-state index contributed by atoms with van der Waals surface area (Å²) in [6.07, 6.45) is 2.71. The minimum Gasteiger partial charge on any atom is -0.493 e. The molecule has 0 aromatic heterocycles. The first-order valence-corrected chi connectivity index (χ1v) is 11.6. The van der Waals surface area contributed by atoms with Gasteiger partial charge in [-0.1, -0.05) is 51.1 Å². The Labute approximate surface area is 192 Å². The van der Waals surface area contributed by atoms with Crippen LogP contribution in [0.2, 0.25) is 0 Å². The lowest BCUT2D eigenvalue weighted by atomic mass is 9.86. The van der Waals surface area contributed by atoms with E-state index in [1.807, 2.05) is 60.4 Å². The monoisotopic (exact) mass is 436 g/mol. The van der Waals surface area contributed by atoms with Gasteiger partial charge in [0.15, 0.2) is 0 Å². The summed E-state index contributed by atoms with van der Waals surface area (Å²) in [5.41, 5.74) is 3.13. The van der Waals surface area contributed by atoms with Crippen LogP contribution in [0.5, 0.6) is 5.75 Å². The molecule has 1 aliphatic rings. The Morgan fingerprint density at radius 1 is 1.03 bits per heavy atom. The van der Waals surface area contributed by atoms with Gasteiger partial charge < -0.3 is 15.0 Å². The first-order chi connectivity index (χ1) is 15.2. The van der Waals surface area contributed by atoms with Gasteiger partial charge >= 0.3 is 0 Å². The maximum absolute atomic E-state index is 12.8. The highest BCUT2D eigenvalue weighted by Gasteiger charge is 2.25. The second kappa shape index (κ2) is 10.7. The fraction of sp³-hybridized carbons (Fsp3) is 0.481. The molecule has 2 aromatic rings. The molecule has 5 nitrogen and oxygen atoms in total. The van der Waals surface area contributed by atoms with Gasteiger partial charge in [-0.3, -0.25) is 9.59 Å². The lowest BCUT2D eigenvalue weighted by molar-refractivity contribution is -0.122. The summed E-state index contributed by atoms with van der Waals surface area (Å²) in [6.45, 7) is 10.4. The number of hydrogen-bond acceptors (Lipinski definition) is 3. The van der Waals surface area contributed by atoms with Gasteiger partial charge in [0.2, 0.25) is 5.91 Å². The highest BCUT2D eigenvalue weighted by Crippen LogP contribution is 2.23. The molecule has 1 heterocycles. The number of hydrogen-bond donors (Lipinski definition) is 1. The predicted molar refractivity (Wildman–Crippen MR) is 128 cm³/mol. The number of ether oxygens (including phenoxy) is 1. The number of amides is 2. The van der Waals surface area contributed by atoms with E-state index in [-0.39, 0.29) is 23.3 Å². The smallest absolute Gasteiger partial charge is 0.253 e. The van der Waals surface area contributed by atoms with E-state index < -0.39 is 0 Å². The van der Waals surface area contributed by atoms with Gasteiger partial charge in [-0.2, -0.15) is 0 Å². The van der Waals surface area contributed by atoms with Gasteiger partial charge in [0, 0.05) is 31.1 Å². The first-order valence-electron chi connectivity index (χ1n) is 11.6. The van der Waals surface area contributed by atoms with Crippen LogP contribution in [0.15, 0.2) is 48.5 Å². The topological polar surface area (TPSA) is 58.6 Å². The van der Waals surface area contributed by atoms with Crippen LogP contribution in [0.3, 0.4) is 0 Å². The Kier molecular flexibility index (Phi) is 7.94. The summed E-state index contributed by atoms with van der Waals surface area (Å²) in [5, 5.41) is 3.12. The van der Waals surface area contributed by atoms with Crippen LogP contribution in [0.1, 0.15) is 67.9 Å². The predicted octanol–water partition coefficient (Wildman–Crippen LogP) is 4.87. The van der Waals surface area contributed by atoms with Crippen LogP contribution in [-0.4, -0.2) is 42.5 Å². The molecule has 0 spiro atoms. The van der Waals surface area contributed by atoms with Crippen molar-refractivity contribution in [2.24, 2.45) is 0 Å². The molecule has 172 valence electrons. The maximum atomic E-state index is 12.8. The fourth-order valence-corrected chi connectivity index (χ4v) is 3.96. The van der Waals surface area contributed by atoms with Gasteiger partial charge in [-0.25, -0.2) is 0 Å². The van der Waals surface area contributed by atoms with Crippen molar-refractivity contribution >= 4 is 11.8 Å². The second-order valence-corrected chi connectivity index (χ2v) is 9.68. The van der Waals surface area contributed by atoms with Crippen molar-refractivity contribution in [3.05, 3.63) is 65.2 Å². The van der Waals surface area contributed by atoms with Crippen molar-refractivity contribution in [1.82, 2.24) is 10.2 Å². The summed E-state index contributed by atoms with van der Waals surface area (Å²) in [4.78, 5) is 27.0. The molecule has 0 unspecified atom stereocenters. The summed E-state index contributed by atoms with van der Waals surface area (Å²) < 4.78 is 5.76. The average molecular weight is 437 g/mol. The molecule has 32 heavy (non-hydrogen) atoms. The van der Waals surface area contributed by atoms with Crippen LogP contribution >= 0.6 is 0 Å². The van der Waals surface area contributed by atoms with Gasteiger partial charge in [0.25, 0.3) is 5.91 Å². The molecule has 1 aliphatic heterocycles. The maximum Gasteiger partial charge on any atom is 0.253 e. The molecule has 0 bridgehead atoms. The molecule has 0 radical (unpaired) electrons. The van der Waals surface area contributed by atoms with Crippen molar-refractivity contribution < 1.29 is 14.3 Å². The molecule has 0 atom stereocenters. The number of nitrogens with one attached hydrogen (secondary N) is 1. The number of benzene rings is 2. The number of piperidine rings is 1. The number of carbonyl (C=O) groups is 2. The van der Waals surface area contributed by atoms with E-state index in [0.29, 0.717) is 32.5 Å². The molecule has 3 rings (SSSR count). The van der Waals surface area contributed by atoms with Crippen molar-refractivity contribution in [1.29, 1.82) is 0 Å². The van der Waals surface area contributed by atoms with E-state index >= 15 is 0 Å². The Hall–Kier alpha value is -2.82. The van der Waals surface area contributed by atoms with Crippen molar-refractivity contribution in [3.63, 3.8) is 0 Å². The molecule has 2 amide bonds. The number of carbonyl (C=O) groups excluding carboxylic acids is 2. The minimum atomic E-state index is 0.0564.